The Labute approximate surface area is 178 Å². The minimum absolute atomic E-state index is 0.0217. The number of nitrogens with one attached hydrogen (secondary N) is 1. The first-order valence-corrected chi connectivity index (χ1v) is 10.1. The number of benzene rings is 1. The van der Waals surface area contributed by atoms with Crippen LogP contribution in [-0.4, -0.2) is 62.7 Å². The lowest BCUT2D eigenvalue weighted by atomic mass is 9.86. The molecule has 6 rings (SSSR count). The van der Waals surface area contributed by atoms with E-state index in [1.165, 1.54) is 18.2 Å². The third-order valence-electron chi connectivity index (χ3n) is 5.85. The van der Waals surface area contributed by atoms with Gasteiger partial charge in [-0.15, -0.1) is 14.9 Å². The standard InChI is InChI=1S/C20H18F3N5O4/c21-20(22,23)18(29)32-28-15-3-1-12(9-14(15)24-19(28)30)13-2-4-17(26-25-13)31-16-10-27-7-5-11(16)6-8-27/h1-4,9,11,16H,5-8,10H2,(H,24,30)/t16-/m0/s1. The average molecular weight is 449 g/mol. The highest BCUT2D eigenvalue weighted by Gasteiger charge is 2.42. The molecule has 3 aromatic rings. The van der Waals surface area contributed by atoms with Crippen molar-refractivity contribution in [3.8, 4) is 17.1 Å². The van der Waals surface area contributed by atoms with Gasteiger partial charge in [-0.05, 0) is 50.0 Å². The number of H-pyrrole nitrogens is 1. The van der Waals surface area contributed by atoms with Crippen molar-refractivity contribution in [1.82, 2.24) is 24.8 Å². The number of aromatic amines is 1. The first-order chi connectivity index (χ1) is 15.3. The summed E-state index contributed by atoms with van der Waals surface area (Å²) in [6.07, 6.45) is -2.89. The quantitative estimate of drug-likeness (QED) is 0.648. The fourth-order valence-corrected chi connectivity index (χ4v) is 4.21. The third-order valence-corrected chi connectivity index (χ3v) is 5.85. The van der Waals surface area contributed by atoms with E-state index < -0.39 is 17.8 Å². The van der Waals surface area contributed by atoms with E-state index in [1.807, 2.05) is 0 Å². The molecule has 0 amide bonds. The molecule has 0 radical (unpaired) electrons. The van der Waals surface area contributed by atoms with E-state index in [0.717, 1.165) is 32.5 Å². The van der Waals surface area contributed by atoms with Gasteiger partial charge in [0.2, 0.25) is 5.88 Å². The fraction of sp³-hybridized carbons (Fsp3) is 0.400. The maximum Gasteiger partial charge on any atom is 0.493 e. The van der Waals surface area contributed by atoms with Crippen molar-refractivity contribution in [2.45, 2.75) is 25.1 Å². The Morgan fingerprint density at radius 2 is 1.91 bits per heavy atom. The first kappa shape index (κ1) is 20.5. The third kappa shape index (κ3) is 3.81. The lowest BCUT2D eigenvalue weighted by Crippen LogP contribution is -2.52. The molecule has 9 nitrogen and oxygen atoms in total. The molecule has 12 heteroatoms. The van der Waals surface area contributed by atoms with Crippen LogP contribution in [0.5, 0.6) is 5.88 Å². The van der Waals surface area contributed by atoms with E-state index in [-0.39, 0.29) is 21.9 Å². The number of piperidine rings is 3. The minimum atomic E-state index is -5.23. The summed E-state index contributed by atoms with van der Waals surface area (Å²) in [6, 6.07) is 7.82. The Morgan fingerprint density at radius 1 is 1.12 bits per heavy atom. The van der Waals surface area contributed by atoms with Gasteiger partial charge in [0.1, 0.15) is 11.6 Å². The zero-order valence-corrected chi connectivity index (χ0v) is 16.6. The minimum Gasteiger partial charge on any atom is -0.472 e. The van der Waals surface area contributed by atoms with Crippen LogP contribution >= 0.6 is 0 Å². The number of fused-ring (bicyclic) bond motifs is 4. The monoisotopic (exact) mass is 449 g/mol. The van der Waals surface area contributed by atoms with Crippen LogP contribution in [0, 0.1) is 5.92 Å². The van der Waals surface area contributed by atoms with Crippen LogP contribution in [0.3, 0.4) is 0 Å². The van der Waals surface area contributed by atoms with Gasteiger partial charge in [0.05, 0.1) is 11.2 Å². The summed E-state index contributed by atoms with van der Waals surface area (Å²) in [5, 5.41) is 8.31. The molecular weight excluding hydrogens is 431 g/mol. The highest BCUT2D eigenvalue weighted by atomic mass is 19.4. The van der Waals surface area contributed by atoms with Gasteiger partial charge in [0, 0.05) is 18.2 Å². The van der Waals surface area contributed by atoms with Crippen LogP contribution in [0.25, 0.3) is 22.3 Å². The molecule has 1 N–H and O–H groups in total. The summed E-state index contributed by atoms with van der Waals surface area (Å²) in [5.41, 5.74) is 0.189. The Balaban J connectivity index is 1.34. The van der Waals surface area contributed by atoms with Crippen molar-refractivity contribution >= 4 is 17.0 Å². The van der Waals surface area contributed by atoms with Gasteiger partial charge >= 0.3 is 17.8 Å². The number of rotatable bonds is 4. The number of nitrogens with zero attached hydrogens (tertiary/aromatic N) is 4. The van der Waals surface area contributed by atoms with Crippen LogP contribution in [0.4, 0.5) is 13.2 Å². The molecule has 0 aliphatic carbocycles. The predicted octanol–water partition coefficient (Wildman–Crippen LogP) is 1.78. The van der Waals surface area contributed by atoms with Crippen molar-refractivity contribution in [1.29, 1.82) is 0 Å². The van der Waals surface area contributed by atoms with E-state index in [0.29, 0.717) is 23.1 Å². The van der Waals surface area contributed by atoms with Gasteiger partial charge in [-0.1, -0.05) is 6.07 Å². The molecule has 5 heterocycles. The fourth-order valence-electron chi connectivity index (χ4n) is 4.21. The van der Waals surface area contributed by atoms with Gasteiger partial charge < -0.3 is 14.6 Å². The maximum atomic E-state index is 12.5. The SMILES string of the molecule is O=C(On1c(=O)[nH]c2cc(-c3ccc(O[C@H]4CN5CCC4CC5)nn3)ccc21)C(F)(F)F. The first-order valence-electron chi connectivity index (χ1n) is 10.1. The molecule has 2 bridgehead atoms. The molecule has 168 valence electrons. The van der Waals surface area contributed by atoms with Crippen LogP contribution < -0.4 is 15.3 Å². The molecule has 2 aromatic heterocycles. The number of imidazole rings is 1. The molecule has 3 saturated heterocycles. The topological polar surface area (TPSA) is 102 Å². The number of carbonyl (C=O) groups excluding carboxylic acids is 1. The van der Waals surface area contributed by atoms with Gasteiger partial charge in [-0.25, -0.2) is 9.59 Å². The van der Waals surface area contributed by atoms with Crippen molar-refractivity contribution in [3.63, 3.8) is 0 Å². The van der Waals surface area contributed by atoms with Crippen molar-refractivity contribution in [2.24, 2.45) is 5.92 Å². The molecule has 3 fully saturated rings. The largest absolute Gasteiger partial charge is 0.493 e. The lowest BCUT2D eigenvalue weighted by molar-refractivity contribution is -0.199. The van der Waals surface area contributed by atoms with Crippen LogP contribution in [0.15, 0.2) is 35.1 Å². The van der Waals surface area contributed by atoms with Gasteiger partial charge in [0.15, 0.2) is 0 Å². The second kappa shape index (κ2) is 7.62. The molecule has 1 atom stereocenters. The number of carbonyl (C=O) groups is 1. The van der Waals surface area contributed by atoms with Gasteiger partial charge in [-0.2, -0.15) is 13.2 Å². The summed E-state index contributed by atoms with van der Waals surface area (Å²) in [4.78, 5) is 31.9. The zero-order valence-electron chi connectivity index (χ0n) is 16.6. The highest BCUT2D eigenvalue weighted by Crippen LogP contribution is 2.30. The second-order valence-corrected chi connectivity index (χ2v) is 7.88. The summed E-state index contributed by atoms with van der Waals surface area (Å²) in [6.45, 7) is 3.10. The second-order valence-electron chi connectivity index (χ2n) is 7.88. The van der Waals surface area contributed by atoms with Crippen LogP contribution in [0.1, 0.15) is 12.8 Å². The summed E-state index contributed by atoms with van der Waals surface area (Å²) < 4.78 is 43.7. The highest BCUT2D eigenvalue weighted by molar-refractivity contribution is 5.82. The average Bonchev–Trinajstić information content (AvgIpc) is 3.09. The number of halogens is 3. The Bertz CT molecular complexity index is 1210. The van der Waals surface area contributed by atoms with E-state index in [4.69, 9.17) is 4.74 Å². The normalized spacial score (nSPS) is 22.8. The molecule has 3 aliphatic heterocycles. The zero-order chi connectivity index (χ0) is 22.5. The van der Waals surface area contributed by atoms with Crippen molar-refractivity contribution in [2.75, 3.05) is 19.6 Å². The Hall–Kier alpha value is -3.41. The molecule has 32 heavy (non-hydrogen) atoms. The maximum absolute atomic E-state index is 12.5. The molecular formula is C20H18F3N5O4. The molecule has 0 saturated carbocycles. The van der Waals surface area contributed by atoms with Crippen LogP contribution in [-0.2, 0) is 4.79 Å². The summed E-state index contributed by atoms with van der Waals surface area (Å²) >= 11 is 0. The molecule has 3 aliphatic rings. The predicted molar refractivity (Wildman–Crippen MR) is 105 cm³/mol. The van der Waals surface area contributed by atoms with E-state index in [9.17, 15) is 22.8 Å². The lowest BCUT2D eigenvalue weighted by Gasteiger charge is -2.44. The number of ether oxygens (including phenoxy) is 1. The molecule has 0 spiro atoms. The summed E-state index contributed by atoms with van der Waals surface area (Å²) in [7, 11) is 0. The van der Waals surface area contributed by atoms with Crippen molar-refractivity contribution in [3.05, 3.63) is 40.8 Å². The Morgan fingerprint density at radius 3 is 2.53 bits per heavy atom. The molecule has 0 unspecified atom stereocenters. The summed E-state index contributed by atoms with van der Waals surface area (Å²) in [5.74, 6) is -1.54. The van der Waals surface area contributed by atoms with E-state index in [2.05, 4.69) is 24.9 Å². The number of hydrogen-bond donors (Lipinski definition) is 1. The van der Waals surface area contributed by atoms with E-state index >= 15 is 0 Å². The van der Waals surface area contributed by atoms with Gasteiger partial charge in [0.25, 0.3) is 0 Å². The van der Waals surface area contributed by atoms with E-state index in [1.54, 1.807) is 12.1 Å². The number of aromatic nitrogens is 4. The Kier molecular flexibility index (Phi) is 4.88. The number of alkyl halides is 3. The number of hydrogen-bond acceptors (Lipinski definition) is 7. The molecule has 1 aromatic carbocycles. The van der Waals surface area contributed by atoms with Crippen molar-refractivity contribution < 1.29 is 27.5 Å². The van der Waals surface area contributed by atoms with Gasteiger partial charge in [-0.3, -0.25) is 4.90 Å². The van der Waals surface area contributed by atoms with Crippen LogP contribution in [0.2, 0.25) is 0 Å². The smallest absolute Gasteiger partial charge is 0.472 e.